The number of thiocarbonyl (C=S) groups is 2. The maximum atomic E-state index is 5.31. The van der Waals surface area contributed by atoms with Crippen LogP contribution in [-0.2, 0) is 0 Å². The Labute approximate surface area is 117 Å². The molecular weight excluding hydrogens is 260 g/mol. The lowest BCUT2D eigenvalue weighted by atomic mass is 10.1. The molecule has 0 aromatic heterocycles. The first-order chi connectivity index (χ1) is 8.77. The van der Waals surface area contributed by atoms with Crippen LogP contribution in [-0.4, -0.2) is 9.85 Å². The number of anilines is 1. The Hall–Kier alpha value is -1.78. The number of hydrogen-bond acceptors (Lipinski definition) is 3. The molecule has 0 aliphatic heterocycles. The van der Waals surface area contributed by atoms with Gasteiger partial charge in [0.2, 0.25) is 0 Å². The fraction of sp³-hybridized carbons (Fsp3) is 0. The van der Waals surface area contributed by atoms with E-state index in [9.17, 15) is 0 Å². The molecule has 0 aliphatic rings. The molecular formula is C14H12N2S2. The highest BCUT2D eigenvalue weighted by Gasteiger charge is 2.06. The summed E-state index contributed by atoms with van der Waals surface area (Å²) in [5, 5.41) is 0. The second kappa shape index (κ2) is 6.23. The summed E-state index contributed by atoms with van der Waals surface area (Å²) >= 11 is 10.6. The van der Waals surface area contributed by atoms with Crippen LogP contribution in [0.2, 0.25) is 0 Å². The normalized spacial score (nSPS) is 9.56. The van der Waals surface area contributed by atoms with Gasteiger partial charge in [-0.1, -0.05) is 73.0 Å². The van der Waals surface area contributed by atoms with Gasteiger partial charge in [-0.05, 0) is 17.7 Å². The Kier molecular flexibility index (Phi) is 4.39. The van der Waals surface area contributed by atoms with E-state index in [4.69, 9.17) is 24.4 Å². The van der Waals surface area contributed by atoms with E-state index in [0.29, 0.717) is 9.85 Å². The topological polar surface area (TPSA) is 24.1 Å². The van der Waals surface area contributed by atoms with Gasteiger partial charge in [-0.15, -0.1) is 0 Å². The first-order valence-electron chi connectivity index (χ1n) is 5.48. The number of nitrogens with one attached hydrogen (secondary N) is 2. The quantitative estimate of drug-likeness (QED) is 0.506. The zero-order valence-electron chi connectivity index (χ0n) is 9.59. The maximum absolute atomic E-state index is 5.31. The average Bonchev–Trinajstić information content (AvgIpc) is 2.46. The average molecular weight is 272 g/mol. The predicted octanol–water partition coefficient (Wildman–Crippen LogP) is 3.35. The largest absolute Gasteiger partial charge is 0.300 e. The molecule has 0 saturated carbocycles. The van der Waals surface area contributed by atoms with Crippen molar-refractivity contribution >= 4 is 40.0 Å². The Morgan fingerprint density at radius 1 is 0.778 bits per heavy atom. The van der Waals surface area contributed by atoms with Crippen molar-refractivity contribution in [3.8, 4) is 0 Å². The van der Waals surface area contributed by atoms with Gasteiger partial charge >= 0.3 is 0 Å². The third kappa shape index (κ3) is 3.35. The van der Waals surface area contributed by atoms with Gasteiger partial charge in [-0.2, -0.15) is 0 Å². The zero-order valence-corrected chi connectivity index (χ0v) is 11.2. The van der Waals surface area contributed by atoms with Crippen LogP contribution < -0.4 is 10.9 Å². The SMILES string of the molecule is S=C(NNc1ccccc1)C(=S)c1ccccc1. The fourth-order valence-corrected chi connectivity index (χ4v) is 1.78. The Morgan fingerprint density at radius 3 is 1.94 bits per heavy atom. The van der Waals surface area contributed by atoms with E-state index >= 15 is 0 Å². The van der Waals surface area contributed by atoms with Gasteiger partial charge in [0, 0.05) is 0 Å². The van der Waals surface area contributed by atoms with Crippen molar-refractivity contribution in [2.75, 3.05) is 5.43 Å². The molecule has 0 aliphatic carbocycles. The molecule has 0 amide bonds. The molecule has 0 fully saturated rings. The summed E-state index contributed by atoms with van der Waals surface area (Å²) in [6.45, 7) is 0. The van der Waals surface area contributed by atoms with E-state index in [1.807, 2.05) is 60.7 Å². The van der Waals surface area contributed by atoms with Gasteiger partial charge in [0.05, 0.1) is 10.6 Å². The summed E-state index contributed by atoms with van der Waals surface area (Å²) in [6, 6.07) is 19.5. The lowest BCUT2D eigenvalue weighted by Crippen LogP contribution is -2.33. The van der Waals surface area contributed by atoms with Crippen LogP contribution in [0, 0.1) is 0 Å². The first-order valence-corrected chi connectivity index (χ1v) is 6.30. The summed E-state index contributed by atoms with van der Waals surface area (Å²) in [5.74, 6) is 0. The number of para-hydroxylation sites is 1. The van der Waals surface area contributed by atoms with Crippen molar-refractivity contribution in [2.24, 2.45) is 0 Å². The summed E-state index contributed by atoms with van der Waals surface area (Å²) in [4.78, 5) is 1.15. The minimum absolute atomic E-state index is 0.514. The molecule has 0 spiro atoms. The summed E-state index contributed by atoms with van der Waals surface area (Å²) in [6.07, 6.45) is 0. The summed E-state index contributed by atoms with van der Waals surface area (Å²) < 4.78 is 0. The van der Waals surface area contributed by atoms with Crippen LogP contribution in [0.4, 0.5) is 5.69 Å². The van der Waals surface area contributed by atoms with Crippen molar-refractivity contribution in [2.45, 2.75) is 0 Å². The predicted molar refractivity (Wildman–Crippen MR) is 83.9 cm³/mol. The van der Waals surface area contributed by atoms with Crippen molar-refractivity contribution in [1.82, 2.24) is 5.43 Å². The molecule has 2 aromatic rings. The summed E-state index contributed by atoms with van der Waals surface area (Å²) in [7, 11) is 0. The van der Waals surface area contributed by atoms with E-state index < -0.39 is 0 Å². The first kappa shape index (κ1) is 12.7. The van der Waals surface area contributed by atoms with E-state index in [1.165, 1.54) is 0 Å². The minimum Gasteiger partial charge on any atom is -0.300 e. The fourth-order valence-electron chi connectivity index (χ4n) is 1.43. The Balaban J connectivity index is 1.95. The Bertz CT molecular complexity index is 538. The monoisotopic (exact) mass is 272 g/mol. The van der Waals surface area contributed by atoms with Gasteiger partial charge < -0.3 is 5.43 Å². The van der Waals surface area contributed by atoms with Gasteiger partial charge in [-0.3, -0.25) is 5.43 Å². The van der Waals surface area contributed by atoms with E-state index in [1.54, 1.807) is 0 Å². The molecule has 18 heavy (non-hydrogen) atoms. The summed E-state index contributed by atoms with van der Waals surface area (Å²) in [5.41, 5.74) is 7.84. The number of benzene rings is 2. The van der Waals surface area contributed by atoms with Crippen LogP contribution in [0.1, 0.15) is 5.56 Å². The van der Waals surface area contributed by atoms with Crippen LogP contribution in [0.5, 0.6) is 0 Å². The second-order valence-corrected chi connectivity index (χ2v) is 4.46. The molecule has 2 aromatic carbocycles. The van der Waals surface area contributed by atoms with Crippen LogP contribution in [0.25, 0.3) is 0 Å². The minimum atomic E-state index is 0.514. The van der Waals surface area contributed by atoms with Gasteiger partial charge in [0.25, 0.3) is 0 Å². The van der Waals surface area contributed by atoms with Crippen molar-refractivity contribution in [1.29, 1.82) is 0 Å². The number of hydrogen-bond donors (Lipinski definition) is 2. The van der Waals surface area contributed by atoms with E-state index in [2.05, 4.69) is 10.9 Å². The van der Waals surface area contributed by atoms with Crippen LogP contribution >= 0.6 is 24.4 Å². The van der Waals surface area contributed by atoms with E-state index in [-0.39, 0.29) is 0 Å². The maximum Gasteiger partial charge on any atom is 0.136 e. The number of rotatable bonds is 4. The second-order valence-electron chi connectivity index (χ2n) is 3.64. The lowest BCUT2D eigenvalue weighted by Gasteiger charge is -2.11. The van der Waals surface area contributed by atoms with Crippen molar-refractivity contribution in [3.05, 3.63) is 66.2 Å². The van der Waals surface area contributed by atoms with Gasteiger partial charge in [0.1, 0.15) is 4.99 Å². The zero-order chi connectivity index (χ0) is 12.8. The molecule has 0 radical (unpaired) electrons. The molecule has 0 bridgehead atoms. The third-order valence-electron chi connectivity index (χ3n) is 2.34. The molecule has 2 N–H and O–H groups in total. The highest BCUT2D eigenvalue weighted by Crippen LogP contribution is 2.05. The molecule has 0 unspecified atom stereocenters. The molecule has 0 heterocycles. The molecule has 0 saturated heterocycles. The lowest BCUT2D eigenvalue weighted by molar-refractivity contribution is 1.16. The highest BCUT2D eigenvalue weighted by molar-refractivity contribution is 7.89. The van der Waals surface area contributed by atoms with Gasteiger partial charge in [-0.25, -0.2) is 0 Å². The van der Waals surface area contributed by atoms with Crippen LogP contribution in [0.3, 0.4) is 0 Å². The van der Waals surface area contributed by atoms with Crippen LogP contribution in [0.15, 0.2) is 60.7 Å². The van der Waals surface area contributed by atoms with E-state index in [0.717, 1.165) is 11.3 Å². The smallest absolute Gasteiger partial charge is 0.136 e. The van der Waals surface area contributed by atoms with Gasteiger partial charge in [0.15, 0.2) is 0 Å². The van der Waals surface area contributed by atoms with Crippen molar-refractivity contribution < 1.29 is 0 Å². The number of hydrazine groups is 1. The standard InChI is InChI=1S/C14H12N2S2/c17-13(11-7-3-1-4-8-11)14(18)16-15-12-9-5-2-6-10-12/h1-10,15H,(H,16,18). The van der Waals surface area contributed by atoms with Crippen molar-refractivity contribution in [3.63, 3.8) is 0 Å². The molecule has 2 nitrogen and oxygen atoms in total. The molecule has 4 heteroatoms. The molecule has 90 valence electrons. The highest BCUT2D eigenvalue weighted by atomic mass is 32.1. The Morgan fingerprint density at radius 2 is 1.33 bits per heavy atom. The molecule has 0 atom stereocenters. The third-order valence-corrected chi connectivity index (χ3v) is 3.21. The molecule has 2 rings (SSSR count).